The molecule has 0 saturated heterocycles. The highest BCUT2D eigenvalue weighted by atomic mass is 16.5. The van der Waals surface area contributed by atoms with Crippen LogP contribution >= 0.6 is 0 Å². The lowest BCUT2D eigenvalue weighted by Gasteiger charge is -2.34. The summed E-state index contributed by atoms with van der Waals surface area (Å²) >= 11 is 0. The second-order valence-electron chi connectivity index (χ2n) is 5.62. The monoisotopic (exact) mass is 263 g/mol. The summed E-state index contributed by atoms with van der Waals surface area (Å²) in [5.41, 5.74) is 1.30. The number of hydrogen-bond acceptors (Lipinski definition) is 3. The van der Waals surface area contributed by atoms with E-state index in [1.807, 2.05) is 12.1 Å². The lowest BCUT2D eigenvalue weighted by molar-refractivity contribution is 0.124. The zero-order valence-electron chi connectivity index (χ0n) is 12.0. The molecule has 0 heterocycles. The SMILES string of the molecule is COc1cccc(CN(C)C2CCC(CO)CC2)c1. The van der Waals surface area contributed by atoms with Gasteiger partial charge in [0, 0.05) is 19.2 Å². The van der Waals surface area contributed by atoms with Gasteiger partial charge >= 0.3 is 0 Å². The number of methoxy groups -OCH3 is 1. The summed E-state index contributed by atoms with van der Waals surface area (Å²) in [6, 6.07) is 8.93. The lowest BCUT2D eigenvalue weighted by atomic mass is 9.86. The first-order valence-corrected chi connectivity index (χ1v) is 7.17. The first-order chi connectivity index (χ1) is 9.22. The molecule has 1 aromatic rings. The largest absolute Gasteiger partial charge is 0.497 e. The van der Waals surface area contributed by atoms with Gasteiger partial charge in [-0.1, -0.05) is 12.1 Å². The number of benzene rings is 1. The molecule has 0 atom stereocenters. The van der Waals surface area contributed by atoms with E-state index in [0.717, 1.165) is 25.1 Å². The summed E-state index contributed by atoms with van der Waals surface area (Å²) in [4.78, 5) is 2.43. The topological polar surface area (TPSA) is 32.7 Å². The highest BCUT2D eigenvalue weighted by Crippen LogP contribution is 2.27. The van der Waals surface area contributed by atoms with Crippen LogP contribution in [0.5, 0.6) is 5.75 Å². The van der Waals surface area contributed by atoms with E-state index in [1.165, 1.54) is 18.4 Å². The Balaban J connectivity index is 1.88. The minimum atomic E-state index is 0.353. The smallest absolute Gasteiger partial charge is 0.119 e. The Kier molecular flexibility index (Phi) is 5.23. The maximum Gasteiger partial charge on any atom is 0.119 e. The van der Waals surface area contributed by atoms with Gasteiger partial charge in [0.2, 0.25) is 0 Å². The number of ether oxygens (including phenoxy) is 1. The van der Waals surface area contributed by atoms with E-state index in [9.17, 15) is 5.11 Å². The Morgan fingerprint density at radius 2 is 2.00 bits per heavy atom. The molecule has 3 nitrogen and oxygen atoms in total. The van der Waals surface area contributed by atoms with Crippen LogP contribution in [-0.4, -0.2) is 36.8 Å². The summed E-state index contributed by atoms with van der Waals surface area (Å²) in [6.07, 6.45) is 4.71. The average molecular weight is 263 g/mol. The van der Waals surface area contributed by atoms with Crippen molar-refractivity contribution in [2.45, 2.75) is 38.3 Å². The van der Waals surface area contributed by atoms with Crippen LogP contribution < -0.4 is 4.74 Å². The quantitative estimate of drug-likeness (QED) is 0.886. The third-order valence-corrected chi connectivity index (χ3v) is 4.26. The van der Waals surface area contributed by atoms with Crippen LogP contribution in [0.1, 0.15) is 31.2 Å². The fourth-order valence-corrected chi connectivity index (χ4v) is 2.96. The summed E-state index contributed by atoms with van der Waals surface area (Å²) in [7, 11) is 3.91. The van der Waals surface area contributed by atoms with Crippen LogP contribution in [0.25, 0.3) is 0 Å². The molecule has 1 aliphatic rings. The maximum atomic E-state index is 9.18. The van der Waals surface area contributed by atoms with E-state index < -0.39 is 0 Å². The Morgan fingerprint density at radius 1 is 1.26 bits per heavy atom. The third-order valence-electron chi connectivity index (χ3n) is 4.26. The van der Waals surface area contributed by atoms with Crippen LogP contribution in [0, 0.1) is 5.92 Å². The predicted octanol–water partition coefficient (Wildman–Crippen LogP) is 2.68. The van der Waals surface area contributed by atoms with Crippen LogP contribution in [0.4, 0.5) is 0 Å². The Bertz CT molecular complexity index is 386. The molecule has 19 heavy (non-hydrogen) atoms. The molecule has 1 fully saturated rings. The molecule has 2 rings (SSSR count). The Labute approximate surface area is 116 Å². The minimum absolute atomic E-state index is 0.353. The highest BCUT2D eigenvalue weighted by molar-refractivity contribution is 5.28. The molecule has 0 bridgehead atoms. The number of hydrogen-bond donors (Lipinski definition) is 1. The van der Waals surface area contributed by atoms with Crippen molar-refractivity contribution in [3.8, 4) is 5.75 Å². The van der Waals surface area contributed by atoms with E-state index in [-0.39, 0.29) is 0 Å². The van der Waals surface area contributed by atoms with Gasteiger partial charge in [-0.05, 0) is 56.3 Å². The van der Waals surface area contributed by atoms with Crippen molar-refractivity contribution >= 4 is 0 Å². The van der Waals surface area contributed by atoms with Gasteiger partial charge in [-0.15, -0.1) is 0 Å². The van der Waals surface area contributed by atoms with E-state index in [2.05, 4.69) is 24.1 Å². The molecule has 1 saturated carbocycles. The van der Waals surface area contributed by atoms with Crippen LogP contribution in [0.3, 0.4) is 0 Å². The van der Waals surface area contributed by atoms with Crippen LogP contribution in [0.15, 0.2) is 24.3 Å². The van der Waals surface area contributed by atoms with E-state index in [0.29, 0.717) is 18.6 Å². The lowest BCUT2D eigenvalue weighted by Crippen LogP contribution is -2.35. The van der Waals surface area contributed by atoms with Gasteiger partial charge in [0.1, 0.15) is 5.75 Å². The first-order valence-electron chi connectivity index (χ1n) is 7.17. The zero-order chi connectivity index (χ0) is 13.7. The number of rotatable bonds is 5. The fraction of sp³-hybridized carbons (Fsp3) is 0.625. The summed E-state index contributed by atoms with van der Waals surface area (Å²) in [5.74, 6) is 1.45. The minimum Gasteiger partial charge on any atom is -0.497 e. The Hall–Kier alpha value is -1.06. The molecule has 1 aliphatic carbocycles. The molecule has 0 spiro atoms. The van der Waals surface area contributed by atoms with Gasteiger partial charge in [-0.3, -0.25) is 4.90 Å². The van der Waals surface area contributed by atoms with Crippen molar-refractivity contribution in [1.29, 1.82) is 0 Å². The molecule has 0 radical (unpaired) electrons. The van der Waals surface area contributed by atoms with Crippen molar-refractivity contribution in [2.24, 2.45) is 5.92 Å². The molecule has 0 aliphatic heterocycles. The van der Waals surface area contributed by atoms with Gasteiger partial charge in [-0.25, -0.2) is 0 Å². The molecular formula is C16H25NO2. The number of aliphatic hydroxyl groups is 1. The average Bonchev–Trinajstić information content (AvgIpc) is 2.47. The van der Waals surface area contributed by atoms with E-state index in [4.69, 9.17) is 4.74 Å². The van der Waals surface area contributed by atoms with Crippen molar-refractivity contribution in [3.05, 3.63) is 29.8 Å². The molecule has 1 aromatic carbocycles. The molecule has 0 amide bonds. The van der Waals surface area contributed by atoms with Crippen molar-refractivity contribution in [2.75, 3.05) is 20.8 Å². The van der Waals surface area contributed by atoms with E-state index in [1.54, 1.807) is 7.11 Å². The summed E-state index contributed by atoms with van der Waals surface area (Å²) in [6.45, 7) is 1.32. The normalized spacial score (nSPS) is 23.6. The van der Waals surface area contributed by atoms with Gasteiger partial charge < -0.3 is 9.84 Å². The fourth-order valence-electron chi connectivity index (χ4n) is 2.96. The summed E-state index contributed by atoms with van der Waals surface area (Å²) < 4.78 is 5.26. The molecule has 0 unspecified atom stereocenters. The van der Waals surface area contributed by atoms with Gasteiger partial charge in [0.15, 0.2) is 0 Å². The summed E-state index contributed by atoms with van der Waals surface area (Å²) in [5, 5.41) is 9.18. The zero-order valence-corrected chi connectivity index (χ0v) is 12.0. The van der Waals surface area contributed by atoms with Crippen LogP contribution in [0.2, 0.25) is 0 Å². The highest BCUT2D eigenvalue weighted by Gasteiger charge is 2.23. The van der Waals surface area contributed by atoms with Crippen LogP contribution in [-0.2, 0) is 6.54 Å². The van der Waals surface area contributed by atoms with Crippen molar-refractivity contribution in [3.63, 3.8) is 0 Å². The van der Waals surface area contributed by atoms with E-state index >= 15 is 0 Å². The molecule has 0 aromatic heterocycles. The first kappa shape index (κ1) is 14.4. The maximum absolute atomic E-state index is 9.18. The molecule has 106 valence electrons. The second-order valence-corrected chi connectivity index (χ2v) is 5.62. The standard InChI is InChI=1S/C16H25NO2/c1-17(15-8-6-13(12-18)7-9-15)11-14-4-3-5-16(10-14)19-2/h3-5,10,13,15,18H,6-9,11-12H2,1-2H3. The van der Waals surface area contributed by atoms with Crippen molar-refractivity contribution < 1.29 is 9.84 Å². The second kappa shape index (κ2) is 6.92. The third kappa shape index (κ3) is 3.95. The predicted molar refractivity (Wildman–Crippen MR) is 77.3 cm³/mol. The molecule has 1 N–H and O–H groups in total. The molecular weight excluding hydrogens is 238 g/mol. The van der Waals surface area contributed by atoms with Crippen molar-refractivity contribution in [1.82, 2.24) is 4.90 Å². The van der Waals surface area contributed by atoms with Gasteiger partial charge in [0.05, 0.1) is 7.11 Å². The Morgan fingerprint density at radius 3 is 2.63 bits per heavy atom. The molecule has 3 heteroatoms. The number of nitrogens with zero attached hydrogens (tertiary/aromatic N) is 1. The van der Waals surface area contributed by atoms with Gasteiger partial charge in [-0.2, -0.15) is 0 Å². The number of aliphatic hydroxyl groups excluding tert-OH is 1. The van der Waals surface area contributed by atoms with Gasteiger partial charge in [0.25, 0.3) is 0 Å².